The molecule has 1 aliphatic rings. The average molecular weight is 408 g/mol. The number of hydrogen-bond acceptors (Lipinski definition) is 6. The highest BCUT2D eigenvalue weighted by molar-refractivity contribution is 5.99. The summed E-state index contributed by atoms with van der Waals surface area (Å²) in [7, 11) is 0. The Kier molecular flexibility index (Phi) is 5.50. The van der Waals surface area contributed by atoms with Crippen LogP contribution >= 0.6 is 0 Å². The van der Waals surface area contributed by atoms with Gasteiger partial charge in [-0.1, -0.05) is 18.9 Å². The maximum Gasteiger partial charge on any atom is 0.252 e. The SMILES string of the molecule is Cc1ccc2cc(Nc3nc(N[C@@H]4CCCC[C@@H]4N)c(F)cc3C(N)=O)ccc2n1. The number of nitrogens with two attached hydrogens (primary N) is 2. The number of amides is 1. The van der Waals surface area contributed by atoms with Crippen molar-refractivity contribution < 1.29 is 9.18 Å². The Balaban J connectivity index is 1.67. The molecule has 0 saturated heterocycles. The number of anilines is 3. The van der Waals surface area contributed by atoms with Crippen LogP contribution in [0.15, 0.2) is 36.4 Å². The molecule has 2 heterocycles. The van der Waals surface area contributed by atoms with Crippen molar-refractivity contribution in [2.75, 3.05) is 10.6 Å². The lowest BCUT2D eigenvalue weighted by Crippen LogP contribution is -2.43. The van der Waals surface area contributed by atoms with Gasteiger partial charge < -0.3 is 22.1 Å². The molecule has 1 fully saturated rings. The number of fused-ring (bicyclic) bond motifs is 1. The second-order valence-electron chi connectivity index (χ2n) is 7.76. The third-order valence-electron chi connectivity index (χ3n) is 5.47. The van der Waals surface area contributed by atoms with E-state index in [1.54, 1.807) is 0 Å². The highest BCUT2D eigenvalue weighted by Gasteiger charge is 2.24. The van der Waals surface area contributed by atoms with E-state index in [0.717, 1.165) is 48.3 Å². The summed E-state index contributed by atoms with van der Waals surface area (Å²) in [5.41, 5.74) is 14.1. The van der Waals surface area contributed by atoms with Gasteiger partial charge in [-0.15, -0.1) is 0 Å². The highest BCUT2D eigenvalue weighted by atomic mass is 19.1. The molecule has 6 N–H and O–H groups in total. The van der Waals surface area contributed by atoms with Crippen LogP contribution in [0.25, 0.3) is 10.9 Å². The fraction of sp³-hybridized carbons (Fsp3) is 0.318. The molecule has 1 amide bonds. The molecule has 8 heteroatoms. The maximum atomic E-state index is 14.6. The molecule has 2 aromatic heterocycles. The van der Waals surface area contributed by atoms with Gasteiger partial charge in [0.15, 0.2) is 11.6 Å². The Labute approximate surface area is 174 Å². The van der Waals surface area contributed by atoms with Gasteiger partial charge >= 0.3 is 0 Å². The van der Waals surface area contributed by atoms with Crippen molar-refractivity contribution >= 4 is 34.1 Å². The summed E-state index contributed by atoms with van der Waals surface area (Å²) in [6.45, 7) is 1.93. The minimum atomic E-state index is -0.761. The number of carbonyl (C=O) groups excluding carboxylic acids is 1. The Hall–Kier alpha value is -3.26. The lowest BCUT2D eigenvalue weighted by Gasteiger charge is -2.30. The summed E-state index contributed by atoms with van der Waals surface area (Å²) in [6.07, 6.45) is 3.83. The second kappa shape index (κ2) is 8.23. The number of benzene rings is 1. The Morgan fingerprint density at radius 2 is 1.90 bits per heavy atom. The Morgan fingerprint density at radius 3 is 2.67 bits per heavy atom. The topological polar surface area (TPSA) is 119 Å². The molecule has 1 aromatic carbocycles. The van der Waals surface area contributed by atoms with Crippen molar-refractivity contribution in [2.24, 2.45) is 11.5 Å². The van der Waals surface area contributed by atoms with E-state index in [2.05, 4.69) is 20.6 Å². The fourth-order valence-corrected chi connectivity index (χ4v) is 3.83. The monoisotopic (exact) mass is 408 g/mol. The number of aryl methyl sites for hydroxylation is 1. The molecule has 0 aliphatic heterocycles. The molecule has 1 saturated carbocycles. The van der Waals surface area contributed by atoms with Crippen LogP contribution < -0.4 is 22.1 Å². The number of pyridine rings is 2. The van der Waals surface area contributed by atoms with E-state index in [-0.39, 0.29) is 29.3 Å². The second-order valence-corrected chi connectivity index (χ2v) is 7.76. The van der Waals surface area contributed by atoms with Crippen LogP contribution in [-0.4, -0.2) is 28.0 Å². The molecule has 1 aliphatic carbocycles. The molecular weight excluding hydrogens is 383 g/mol. The predicted molar refractivity (Wildman–Crippen MR) is 116 cm³/mol. The number of hydrogen-bond donors (Lipinski definition) is 4. The first-order valence-corrected chi connectivity index (χ1v) is 10.1. The minimum Gasteiger partial charge on any atom is -0.365 e. The van der Waals surface area contributed by atoms with Crippen LogP contribution in [0.3, 0.4) is 0 Å². The first-order valence-electron chi connectivity index (χ1n) is 10.1. The number of nitrogens with one attached hydrogen (secondary N) is 2. The quantitative estimate of drug-likeness (QED) is 0.512. The van der Waals surface area contributed by atoms with E-state index in [0.29, 0.717) is 5.69 Å². The predicted octanol–water partition coefficient (Wildman–Crippen LogP) is 3.60. The molecule has 0 spiro atoms. The Bertz CT molecular complexity index is 1100. The van der Waals surface area contributed by atoms with Crippen LogP contribution in [0, 0.1) is 12.7 Å². The lowest BCUT2D eigenvalue weighted by atomic mass is 9.91. The van der Waals surface area contributed by atoms with Gasteiger partial charge in [0.2, 0.25) is 0 Å². The molecule has 4 rings (SSSR count). The van der Waals surface area contributed by atoms with E-state index < -0.39 is 11.7 Å². The number of carbonyl (C=O) groups is 1. The van der Waals surface area contributed by atoms with E-state index in [4.69, 9.17) is 11.5 Å². The largest absolute Gasteiger partial charge is 0.365 e. The van der Waals surface area contributed by atoms with E-state index in [9.17, 15) is 9.18 Å². The van der Waals surface area contributed by atoms with Gasteiger partial charge in [-0.05, 0) is 50.1 Å². The fourth-order valence-electron chi connectivity index (χ4n) is 3.83. The summed E-state index contributed by atoms with van der Waals surface area (Å²) >= 11 is 0. The van der Waals surface area contributed by atoms with E-state index in [1.807, 2.05) is 37.3 Å². The van der Waals surface area contributed by atoms with Gasteiger partial charge in [0.1, 0.15) is 5.82 Å². The van der Waals surface area contributed by atoms with E-state index in [1.165, 1.54) is 0 Å². The zero-order chi connectivity index (χ0) is 21.3. The van der Waals surface area contributed by atoms with Crippen LogP contribution in [0.1, 0.15) is 41.7 Å². The molecule has 2 atom stereocenters. The van der Waals surface area contributed by atoms with Crippen LogP contribution in [0.5, 0.6) is 0 Å². The van der Waals surface area contributed by atoms with Crippen molar-refractivity contribution in [3.63, 3.8) is 0 Å². The number of halogens is 1. The van der Waals surface area contributed by atoms with Crippen molar-refractivity contribution in [1.29, 1.82) is 0 Å². The van der Waals surface area contributed by atoms with Crippen molar-refractivity contribution in [1.82, 2.24) is 9.97 Å². The van der Waals surface area contributed by atoms with E-state index >= 15 is 0 Å². The van der Waals surface area contributed by atoms with Gasteiger partial charge in [0, 0.05) is 28.9 Å². The summed E-state index contributed by atoms with van der Waals surface area (Å²) in [5, 5.41) is 7.14. The standard InChI is InChI=1S/C22H25FN6O/c1-12-6-7-13-10-14(8-9-18(13)26-12)27-21-15(20(25)30)11-16(23)22(29-21)28-19-5-3-2-4-17(19)24/h6-11,17,19H,2-5,24H2,1H3,(H2,25,30)(H2,27,28,29)/t17-,19+/m0/s1. The zero-order valence-electron chi connectivity index (χ0n) is 16.8. The molecule has 3 aromatic rings. The molecule has 0 bridgehead atoms. The lowest BCUT2D eigenvalue weighted by molar-refractivity contribution is 0.100. The van der Waals surface area contributed by atoms with Crippen molar-refractivity contribution in [2.45, 2.75) is 44.7 Å². The number of primary amides is 1. The van der Waals surface area contributed by atoms with Gasteiger partial charge in [-0.25, -0.2) is 9.37 Å². The Morgan fingerprint density at radius 1 is 1.10 bits per heavy atom. The van der Waals surface area contributed by atoms with Crippen molar-refractivity contribution in [3.05, 3.63) is 53.5 Å². The molecule has 156 valence electrons. The maximum absolute atomic E-state index is 14.6. The summed E-state index contributed by atoms with van der Waals surface area (Å²) < 4.78 is 14.6. The molecule has 7 nitrogen and oxygen atoms in total. The smallest absolute Gasteiger partial charge is 0.252 e. The van der Waals surface area contributed by atoms with Gasteiger partial charge in [-0.2, -0.15) is 0 Å². The van der Waals surface area contributed by atoms with Crippen LogP contribution in [-0.2, 0) is 0 Å². The van der Waals surface area contributed by atoms with Gasteiger partial charge in [0.25, 0.3) is 5.91 Å². The number of nitrogens with zero attached hydrogens (tertiary/aromatic N) is 2. The van der Waals surface area contributed by atoms with Gasteiger partial charge in [-0.3, -0.25) is 9.78 Å². The number of rotatable bonds is 5. The summed E-state index contributed by atoms with van der Waals surface area (Å²) in [5.74, 6) is -1.15. The first kappa shape index (κ1) is 20.0. The normalized spacial score (nSPS) is 18.9. The molecule has 0 radical (unpaired) electrons. The number of aromatic nitrogens is 2. The highest BCUT2D eigenvalue weighted by Crippen LogP contribution is 2.28. The minimum absolute atomic E-state index is 0.0203. The molecule has 30 heavy (non-hydrogen) atoms. The average Bonchev–Trinajstić information content (AvgIpc) is 2.71. The summed E-state index contributed by atoms with van der Waals surface area (Å²) in [6, 6.07) is 10.5. The molecular formula is C22H25FN6O. The third kappa shape index (κ3) is 4.18. The van der Waals surface area contributed by atoms with Crippen molar-refractivity contribution in [3.8, 4) is 0 Å². The first-order chi connectivity index (χ1) is 14.4. The van der Waals surface area contributed by atoms with Gasteiger partial charge in [0.05, 0.1) is 11.1 Å². The zero-order valence-corrected chi connectivity index (χ0v) is 16.8. The third-order valence-corrected chi connectivity index (χ3v) is 5.47. The molecule has 0 unspecified atom stereocenters. The summed E-state index contributed by atoms with van der Waals surface area (Å²) in [4.78, 5) is 20.7. The van der Waals surface area contributed by atoms with Crippen LogP contribution in [0.2, 0.25) is 0 Å². The van der Waals surface area contributed by atoms with Crippen LogP contribution in [0.4, 0.5) is 21.7 Å².